The Morgan fingerprint density at radius 2 is 2.13 bits per heavy atom. The zero-order valence-electron chi connectivity index (χ0n) is 16.7. The van der Waals surface area contributed by atoms with E-state index in [0.717, 1.165) is 47.0 Å². The molecule has 0 saturated heterocycles. The van der Waals surface area contributed by atoms with E-state index in [1.54, 1.807) is 40.2 Å². The highest BCUT2D eigenvalue weighted by Crippen LogP contribution is 2.34. The predicted molar refractivity (Wildman–Crippen MR) is 130 cm³/mol. The van der Waals surface area contributed by atoms with Crippen LogP contribution in [0.5, 0.6) is 0 Å². The Balaban J connectivity index is 1.52. The minimum atomic E-state index is -0.166. The first kappa shape index (κ1) is 22.4. The number of rotatable bonds is 7. The maximum Gasteiger partial charge on any atom is 0.263 e. The number of carbonyl (C=O) groups excluding carboxylic acids is 1. The summed E-state index contributed by atoms with van der Waals surface area (Å²) in [5.74, 6) is -0.0215. The summed E-state index contributed by atoms with van der Waals surface area (Å²) in [5, 5.41) is 5.19. The SMILES string of the molecule is C=CCn1c(SCC(=O)NCc2ccc(Cl)cc2Cl)nc2sc3c(c2c1=O)CCCC3. The van der Waals surface area contributed by atoms with Gasteiger partial charge in [0.25, 0.3) is 5.56 Å². The van der Waals surface area contributed by atoms with Crippen molar-refractivity contribution in [2.24, 2.45) is 0 Å². The van der Waals surface area contributed by atoms with Crippen molar-refractivity contribution in [3.05, 3.63) is 67.3 Å². The van der Waals surface area contributed by atoms with Crippen molar-refractivity contribution in [2.45, 2.75) is 43.9 Å². The number of carbonyl (C=O) groups is 1. The number of allylic oxidation sites excluding steroid dienone is 1. The number of benzene rings is 1. The number of aromatic nitrogens is 2. The van der Waals surface area contributed by atoms with E-state index in [4.69, 9.17) is 28.2 Å². The Bertz CT molecular complexity index is 1220. The molecule has 0 bridgehead atoms. The second kappa shape index (κ2) is 9.77. The van der Waals surface area contributed by atoms with Crippen LogP contribution in [0.1, 0.15) is 28.8 Å². The summed E-state index contributed by atoms with van der Waals surface area (Å²) in [6.45, 7) is 4.43. The molecule has 3 aromatic rings. The largest absolute Gasteiger partial charge is 0.351 e. The van der Waals surface area contributed by atoms with E-state index in [9.17, 15) is 9.59 Å². The first-order valence-electron chi connectivity index (χ1n) is 9.97. The van der Waals surface area contributed by atoms with Crippen LogP contribution < -0.4 is 10.9 Å². The average molecular weight is 494 g/mol. The van der Waals surface area contributed by atoms with E-state index in [0.29, 0.717) is 28.3 Å². The third kappa shape index (κ3) is 4.85. The van der Waals surface area contributed by atoms with Crippen LogP contribution in [0, 0.1) is 0 Å². The third-order valence-corrected chi connectivity index (χ3v) is 7.92. The maximum absolute atomic E-state index is 13.2. The fourth-order valence-corrected chi connectivity index (χ4v) is 6.28. The van der Waals surface area contributed by atoms with Crippen molar-refractivity contribution in [3.8, 4) is 0 Å². The number of hydrogen-bond donors (Lipinski definition) is 1. The van der Waals surface area contributed by atoms with Crippen molar-refractivity contribution in [1.29, 1.82) is 0 Å². The van der Waals surface area contributed by atoms with Gasteiger partial charge in [0.15, 0.2) is 5.16 Å². The number of halogens is 2. The van der Waals surface area contributed by atoms with Gasteiger partial charge in [0.1, 0.15) is 4.83 Å². The quantitative estimate of drug-likeness (QED) is 0.277. The molecule has 5 nitrogen and oxygen atoms in total. The third-order valence-electron chi connectivity index (χ3n) is 5.17. The number of hydrogen-bond acceptors (Lipinski definition) is 5. The van der Waals surface area contributed by atoms with Crippen LogP contribution in [-0.4, -0.2) is 21.2 Å². The van der Waals surface area contributed by atoms with Crippen molar-refractivity contribution in [2.75, 3.05) is 5.75 Å². The zero-order valence-corrected chi connectivity index (χ0v) is 19.9. The molecule has 0 atom stereocenters. The second-order valence-corrected chi connectivity index (χ2v) is 10.2. The van der Waals surface area contributed by atoms with Crippen molar-refractivity contribution < 1.29 is 4.79 Å². The van der Waals surface area contributed by atoms with Crippen molar-refractivity contribution in [3.63, 3.8) is 0 Å². The summed E-state index contributed by atoms with van der Waals surface area (Å²) in [5.41, 5.74) is 1.91. The van der Waals surface area contributed by atoms with Gasteiger partial charge in [0.05, 0.1) is 11.1 Å². The summed E-state index contributed by atoms with van der Waals surface area (Å²) < 4.78 is 1.62. The lowest BCUT2D eigenvalue weighted by Gasteiger charge is -2.12. The van der Waals surface area contributed by atoms with Gasteiger partial charge >= 0.3 is 0 Å². The predicted octanol–water partition coefficient (Wildman–Crippen LogP) is 5.24. The Morgan fingerprint density at radius 3 is 2.90 bits per heavy atom. The van der Waals surface area contributed by atoms with Gasteiger partial charge < -0.3 is 5.32 Å². The fourth-order valence-electron chi connectivity index (χ4n) is 3.66. The number of aryl methyl sites for hydroxylation is 2. The molecule has 1 N–H and O–H groups in total. The molecule has 1 amide bonds. The number of amides is 1. The zero-order chi connectivity index (χ0) is 22.0. The van der Waals surface area contributed by atoms with Crippen molar-refractivity contribution >= 4 is 62.4 Å². The Morgan fingerprint density at radius 1 is 1.32 bits per heavy atom. The highest BCUT2D eigenvalue weighted by Gasteiger charge is 2.22. The van der Waals surface area contributed by atoms with E-state index in [2.05, 4.69) is 11.9 Å². The molecule has 0 spiro atoms. The summed E-state index contributed by atoms with van der Waals surface area (Å²) in [6.07, 6.45) is 5.88. The molecule has 1 aliphatic rings. The molecule has 1 aromatic carbocycles. The minimum absolute atomic E-state index is 0.0415. The Kier molecular flexibility index (Phi) is 7.06. The summed E-state index contributed by atoms with van der Waals surface area (Å²) in [6, 6.07) is 5.17. The molecular weight excluding hydrogens is 473 g/mol. The molecule has 2 aromatic heterocycles. The van der Waals surface area contributed by atoms with Gasteiger partial charge in [-0.25, -0.2) is 4.98 Å². The molecule has 0 radical (unpaired) electrons. The van der Waals surface area contributed by atoms with Gasteiger partial charge in [-0.2, -0.15) is 0 Å². The first-order valence-corrected chi connectivity index (χ1v) is 12.5. The molecule has 9 heteroatoms. The van der Waals surface area contributed by atoms with Gasteiger partial charge in [-0.15, -0.1) is 17.9 Å². The number of thioether (sulfide) groups is 1. The lowest BCUT2D eigenvalue weighted by Crippen LogP contribution is -2.26. The maximum atomic E-state index is 13.2. The highest BCUT2D eigenvalue weighted by molar-refractivity contribution is 7.99. The summed E-state index contributed by atoms with van der Waals surface area (Å²) >= 11 is 14.9. The van der Waals surface area contributed by atoms with Crippen LogP contribution in [0.15, 0.2) is 40.8 Å². The molecule has 0 saturated carbocycles. The second-order valence-electron chi connectivity index (χ2n) is 7.29. The van der Waals surface area contributed by atoms with Crippen LogP contribution in [0.3, 0.4) is 0 Å². The Labute approximate surface area is 198 Å². The van der Waals surface area contributed by atoms with E-state index in [-0.39, 0.29) is 17.2 Å². The van der Waals surface area contributed by atoms with Gasteiger partial charge in [-0.3, -0.25) is 14.2 Å². The summed E-state index contributed by atoms with van der Waals surface area (Å²) in [4.78, 5) is 32.4. The molecule has 162 valence electrons. The smallest absolute Gasteiger partial charge is 0.263 e. The van der Waals surface area contributed by atoms with Crippen LogP contribution in [-0.2, 0) is 30.7 Å². The van der Waals surface area contributed by atoms with Crippen molar-refractivity contribution in [1.82, 2.24) is 14.9 Å². The lowest BCUT2D eigenvalue weighted by molar-refractivity contribution is -0.118. The van der Waals surface area contributed by atoms with E-state index in [1.807, 2.05) is 0 Å². The van der Waals surface area contributed by atoms with Crippen LogP contribution in [0.4, 0.5) is 0 Å². The highest BCUT2D eigenvalue weighted by atomic mass is 35.5. The van der Waals surface area contributed by atoms with Gasteiger partial charge in [0, 0.05) is 28.0 Å². The van der Waals surface area contributed by atoms with Crippen LogP contribution >= 0.6 is 46.3 Å². The molecule has 4 rings (SSSR count). The minimum Gasteiger partial charge on any atom is -0.351 e. The topological polar surface area (TPSA) is 64.0 Å². The van der Waals surface area contributed by atoms with Gasteiger partial charge in [-0.1, -0.05) is 47.1 Å². The Hall–Kier alpha value is -1.80. The monoisotopic (exact) mass is 493 g/mol. The summed E-state index contributed by atoms with van der Waals surface area (Å²) in [7, 11) is 0. The molecule has 0 aliphatic heterocycles. The van der Waals surface area contributed by atoms with E-state index in [1.165, 1.54) is 16.6 Å². The van der Waals surface area contributed by atoms with E-state index >= 15 is 0 Å². The molecule has 2 heterocycles. The lowest BCUT2D eigenvalue weighted by atomic mass is 9.97. The van der Waals surface area contributed by atoms with Gasteiger partial charge in [0.2, 0.25) is 5.91 Å². The standard InChI is InChI=1S/C22H21Cl2N3O2S2/c1-2-9-27-21(29)19-15-5-3-4-6-17(15)31-20(19)26-22(27)30-12-18(28)25-11-13-7-8-14(23)10-16(13)24/h2,7-8,10H,1,3-6,9,11-12H2,(H,25,28). The van der Waals surface area contributed by atoms with E-state index < -0.39 is 0 Å². The van der Waals surface area contributed by atoms with Gasteiger partial charge in [-0.05, 0) is 48.9 Å². The number of fused-ring (bicyclic) bond motifs is 3. The molecule has 1 aliphatic carbocycles. The molecular formula is C22H21Cl2N3O2S2. The first-order chi connectivity index (χ1) is 15.0. The normalized spacial score (nSPS) is 13.2. The van der Waals surface area contributed by atoms with Crippen LogP contribution in [0.2, 0.25) is 10.0 Å². The fraction of sp³-hybridized carbons (Fsp3) is 0.318. The molecule has 0 fully saturated rings. The number of nitrogens with zero attached hydrogens (tertiary/aromatic N) is 2. The molecule has 31 heavy (non-hydrogen) atoms. The average Bonchev–Trinajstić information content (AvgIpc) is 3.12. The van der Waals surface area contributed by atoms with Crippen LogP contribution in [0.25, 0.3) is 10.2 Å². The molecule has 0 unspecified atom stereocenters. The number of thiophene rings is 1. The number of nitrogens with one attached hydrogen (secondary N) is 1.